The van der Waals surface area contributed by atoms with Crippen molar-refractivity contribution in [2.45, 2.75) is 18.1 Å². The van der Waals surface area contributed by atoms with Gasteiger partial charge in [-0.3, -0.25) is 4.79 Å². The van der Waals surface area contributed by atoms with E-state index in [2.05, 4.69) is 9.97 Å². The SMILES string of the molecule is CC(c1ccc(F)cc1)N(C)C(=O)CS(=O)(=O)c1ncc[nH]1. The third-order valence-electron chi connectivity index (χ3n) is 3.41. The summed E-state index contributed by atoms with van der Waals surface area (Å²) in [6.45, 7) is 1.74. The topological polar surface area (TPSA) is 83.1 Å². The molecule has 0 fully saturated rings. The maximum absolute atomic E-state index is 12.9. The molecule has 2 aromatic rings. The summed E-state index contributed by atoms with van der Waals surface area (Å²) < 4.78 is 37.0. The van der Waals surface area contributed by atoms with E-state index in [-0.39, 0.29) is 17.0 Å². The van der Waals surface area contributed by atoms with Crippen LogP contribution in [-0.4, -0.2) is 42.0 Å². The molecule has 1 aromatic carbocycles. The second-order valence-electron chi connectivity index (χ2n) is 4.89. The van der Waals surface area contributed by atoms with Crippen LogP contribution in [0.1, 0.15) is 18.5 Å². The molecule has 8 heteroatoms. The molecule has 118 valence electrons. The Morgan fingerprint density at radius 1 is 1.36 bits per heavy atom. The third-order valence-corrected chi connectivity index (χ3v) is 4.85. The van der Waals surface area contributed by atoms with Crippen LogP contribution in [0.3, 0.4) is 0 Å². The Morgan fingerprint density at radius 3 is 2.55 bits per heavy atom. The number of carbonyl (C=O) groups excluding carboxylic acids is 1. The van der Waals surface area contributed by atoms with Crippen LogP contribution in [0.2, 0.25) is 0 Å². The van der Waals surface area contributed by atoms with Gasteiger partial charge in [-0.1, -0.05) is 12.1 Å². The number of H-pyrrole nitrogens is 1. The molecule has 6 nitrogen and oxygen atoms in total. The molecular weight excluding hydrogens is 309 g/mol. The van der Waals surface area contributed by atoms with Gasteiger partial charge in [-0.05, 0) is 24.6 Å². The predicted octanol–water partition coefficient (Wildman–Crippen LogP) is 1.54. The van der Waals surface area contributed by atoms with Crippen LogP contribution in [0.4, 0.5) is 4.39 Å². The molecule has 1 heterocycles. The number of amides is 1. The van der Waals surface area contributed by atoms with Crippen molar-refractivity contribution < 1.29 is 17.6 Å². The second kappa shape index (κ2) is 6.27. The van der Waals surface area contributed by atoms with E-state index in [1.165, 1.54) is 36.5 Å². The summed E-state index contributed by atoms with van der Waals surface area (Å²) in [7, 11) is -2.29. The lowest BCUT2D eigenvalue weighted by atomic mass is 10.1. The average Bonchev–Trinajstić information content (AvgIpc) is 3.01. The summed E-state index contributed by atoms with van der Waals surface area (Å²) >= 11 is 0. The lowest BCUT2D eigenvalue weighted by Crippen LogP contribution is -2.34. The van der Waals surface area contributed by atoms with Gasteiger partial charge in [-0.25, -0.2) is 17.8 Å². The first-order valence-corrected chi connectivity index (χ1v) is 8.20. The van der Waals surface area contributed by atoms with Crippen LogP contribution in [-0.2, 0) is 14.6 Å². The molecule has 0 saturated carbocycles. The first-order chi connectivity index (χ1) is 10.3. The maximum atomic E-state index is 12.9. The number of carbonyl (C=O) groups is 1. The van der Waals surface area contributed by atoms with Crippen LogP contribution in [0.5, 0.6) is 0 Å². The first-order valence-electron chi connectivity index (χ1n) is 6.54. The molecule has 1 amide bonds. The Labute approximate surface area is 127 Å². The fraction of sp³-hybridized carbons (Fsp3) is 0.286. The first kappa shape index (κ1) is 16.2. The zero-order valence-corrected chi connectivity index (χ0v) is 13.0. The van der Waals surface area contributed by atoms with E-state index in [0.717, 1.165) is 0 Å². The highest BCUT2D eigenvalue weighted by Crippen LogP contribution is 2.19. The van der Waals surface area contributed by atoms with Crippen LogP contribution >= 0.6 is 0 Å². The smallest absolute Gasteiger partial charge is 0.238 e. The number of aromatic nitrogens is 2. The monoisotopic (exact) mass is 325 g/mol. The van der Waals surface area contributed by atoms with Crippen molar-refractivity contribution in [3.8, 4) is 0 Å². The van der Waals surface area contributed by atoms with Crippen molar-refractivity contribution in [3.05, 3.63) is 48.0 Å². The fourth-order valence-corrected chi connectivity index (χ4v) is 3.07. The summed E-state index contributed by atoms with van der Waals surface area (Å²) in [6, 6.07) is 5.34. The Bertz CT molecular complexity index is 742. The number of nitrogens with one attached hydrogen (secondary N) is 1. The van der Waals surface area contributed by atoms with Gasteiger partial charge in [0.2, 0.25) is 20.9 Å². The molecule has 22 heavy (non-hydrogen) atoms. The van der Waals surface area contributed by atoms with E-state index in [9.17, 15) is 17.6 Å². The van der Waals surface area contributed by atoms with Crippen LogP contribution < -0.4 is 0 Å². The summed E-state index contributed by atoms with van der Waals surface area (Å²) in [5.74, 6) is -1.61. The largest absolute Gasteiger partial charge is 0.338 e. The van der Waals surface area contributed by atoms with E-state index >= 15 is 0 Å². The molecule has 0 radical (unpaired) electrons. The van der Waals surface area contributed by atoms with Crippen LogP contribution in [0, 0.1) is 5.82 Å². The third kappa shape index (κ3) is 3.51. The normalized spacial score (nSPS) is 12.9. The molecule has 0 saturated heterocycles. The van der Waals surface area contributed by atoms with Gasteiger partial charge >= 0.3 is 0 Å². The van der Waals surface area contributed by atoms with Crippen molar-refractivity contribution in [1.82, 2.24) is 14.9 Å². The quantitative estimate of drug-likeness (QED) is 0.904. The minimum atomic E-state index is -3.80. The number of hydrogen-bond acceptors (Lipinski definition) is 4. The number of nitrogens with zero attached hydrogens (tertiary/aromatic N) is 2. The standard InChI is InChI=1S/C14H16FN3O3S/c1-10(11-3-5-12(15)6-4-11)18(2)13(19)9-22(20,21)14-16-7-8-17-14/h3-8,10H,9H2,1-2H3,(H,16,17). The van der Waals surface area contributed by atoms with E-state index in [1.807, 2.05) is 0 Å². The molecule has 0 aliphatic rings. The number of sulfone groups is 1. The summed E-state index contributed by atoms with van der Waals surface area (Å²) in [6.07, 6.45) is 2.68. The highest BCUT2D eigenvalue weighted by atomic mass is 32.2. The van der Waals surface area contributed by atoms with Crippen LogP contribution in [0.15, 0.2) is 41.8 Å². The van der Waals surface area contributed by atoms with E-state index in [0.29, 0.717) is 5.56 Å². The number of aromatic amines is 1. The number of rotatable bonds is 5. The molecule has 0 bridgehead atoms. The number of benzene rings is 1. The molecule has 1 unspecified atom stereocenters. The zero-order valence-electron chi connectivity index (χ0n) is 12.2. The minimum absolute atomic E-state index is 0.233. The second-order valence-corrected chi connectivity index (χ2v) is 6.79. The van der Waals surface area contributed by atoms with Crippen molar-refractivity contribution >= 4 is 15.7 Å². The lowest BCUT2D eigenvalue weighted by Gasteiger charge is -2.25. The molecule has 0 aliphatic heterocycles. The van der Waals surface area contributed by atoms with E-state index in [1.54, 1.807) is 19.1 Å². The Morgan fingerprint density at radius 2 is 2.00 bits per heavy atom. The fourth-order valence-electron chi connectivity index (χ4n) is 1.93. The van der Waals surface area contributed by atoms with Gasteiger partial charge in [0.25, 0.3) is 0 Å². The van der Waals surface area contributed by atoms with Gasteiger partial charge < -0.3 is 9.88 Å². The molecule has 0 spiro atoms. The number of imidazole rings is 1. The van der Waals surface area contributed by atoms with E-state index < -0.39 is 21.5 Å². The number of halogens is 1. The lowest BCUT2D eigenvalue weighted by molar-refractivity contribution is -0.129. The molecule has 1 aromatic heterocycles. The molecule has 2 rings (SSSR count). The Hall–Kier alpha value is -2.22. The summed E-state index contributed by atoms with van der Waals surface area (Å²) in [5, 5.41) is -0.233. The van der Waals surface area contributed by atoms with Gasteiger partial charge in [-0.2, -0.15) is 0 Å². The van der Waals surface area contributed by atoms with Gasteiger partial charge in [0.15, 0.2) is 0 Å². The van der Waals surface area contributed by atoms with Gasteiger partial charge in [-0.15, -0.1) is 0 Å². The molecule has 1 N–H and O–H groups in total. The summed E-state index contributed by atoms with van der Waals surface area (Å²) in [5.41, 5.74) is 0.715. The van der Waals surface area contributed by atoms with Gasteiger partial charge in [0.1, 0.15) is 11.6 Å². The summed E-state index contributed by atoms with van der Waals surface area (Å²) in [4.78, 5) is 19.6. The highest BCUT2D eigenvalue weighted by Gasteiger charge is 2.26. The van der Waals surface area contributed by atoms with Crippen molar-refractivity contribution in [2.75, 3.05) is 12.8 Å². The highest BCUT2D eigenvalue weighted by molar-refractivity contribution is 7.91. The van der Waals surface area contributed by atoms with Crippen molar-refractivity contribution in [1.29, 1.82) is 0 Å². The predicted molar refractivity (Wildman–Crippen MR) is 78.2 cm³/mol. The van der Waals surface area contributed by atoms with Crippen molar-refractivity contribution in [2.24, 2.45) is 0 Å². The number of hydrogen-bond donors (Lipinski definition) is 1. The minimum Gasteiger partial charge on any atom is -0.338 e. The zero-order chi connectivity index (χ0) is 16.3. The van der Waals surface area contributed by atoms with Gasteiger partial charge in [0.05, 0.1) is 6.04 Å². The average molecular weight is 325 g/mol. The Kier molecular flexibility index (Phi) is 4.60. The Balaban J connectivity index is 2.10. The van der Waals surface area contributed by atoms with E-state index in [4.69, 9.17) is 0 Å². The molecule has 1 atom stereocenters. The maximum Gasteiger partial charge on any atom is 0.238 e. The van der Waals surface area contributed by atoms with Gasteiger partial charge in [0, 0.05) is 19.4 Å². The van der Waals surface area contributed by atoms with Crippen LogP contribution in [0.25, 0.3) is 0 Å². The van der Waals surface area contributed by atoms with Crippen molar-refractivity contribution in [3.63, 3.8) is 0 Å². The molecular formula is C14H16FN3O3S. The molecule has 0 aliphatic carbocycles.